The van der Waals surface area contributed by atoms with Gasteiger partial charge in [-0.15, -0.1) is 0 Å². The first kappa shape index (κ1) is 48.5. The molecule has 2 heterocycles. The Morgan fingerprint density at radius 2 is 1.33 bits per heavy atom. The molecule has 0 aromatic heterocycles. The number of carbonyl (C=O) groups is 3. The Labute approximate surface area is 350 Å². The van der Waals surface area contributed by atoms with E-state index in [1.54, 1.807) is 12.2 Å². The summed E-state index contributed by atoms with van der Waals surface area (Å²) in [6.45, 7) is 2.03. The van der Waals surface area contributed by atoms with Gasteiger partial charge in [0.05, 0.1) is 24.5 Å². The third kappa shape index (κ3) is 14.2. The average Bonchev–Trinajstić information content (AvgIpc) is 3.83. The maximum absolute atomic E-state index is 14.4. The molecule has 0 saturated carbocycles. The van der Waals surface area contributed by atoms with E-state index in [1.165, 1.54) is 0 Å². The van der Waals surface area contributed by atoms with Crippen molar-refractivity contribution in [3.8, 4) is 0 Å². The van der Waals surface area contributed by atoms with Crippen molar-refractivity contribution in [3.63, 3.8) is 0 Å². The number of ether oxygens (including phenoxy) is 1. The van der Waals surface area contributed by atoms with Gasteiger partial charge >= 0.3 is 176 Å². The first-order chi connectivity index (χ1) is 28.5. The molecular formula is C44H57F4N2O8PS. The number of benzene rings is 3. The Morgan fingerprint density at radius 3 is 1.83 bits per heavy atom. The predicted molar refractivity (Wildman–Crippen MR) is 228 cm³/mol. The quantitative estimate of drug-likeness (QED) is 0.0356. The molecule has 16 heteroatoms. The molecule has 3 aromatic rings. The molecule has 4 atom stereocenters. The zero-order valence-corrected chi connectivity index (χ0v) is 35.6. The molecule has 2 aliphatic heterocycles. The fraction of sp³-hybridized carbons (Fsp3) is 0.477. The van der Waals surface area contributed by atoms with Crippen LogP contribution in [0.25, 0.3) is 0 Å². The minimum atomic E-state index is -3.73. The second-order valence-corrected chi connectivity index (χ2v) is 21.4. The number of halogens is 4. The predicted octanol–water partition coefficient (Wildman–Crippen LogP) is 6.67. The molecule has 3 aromatic carbocycles. The number of carboxylic acids is 2. The molecule has 60 heavy (non-hydrogen) atoms. The van der Waals surface area contributed by atoms with Crippen LogP contribution in [0.1, 0.15) is 71.1 Å². The number of carboxylic acid groups (broad SMARTS) is 2. The van der Waals surface area contributed by atoms with E-state index in [0.29, 0.717) is 19.4 Å². The summed E-state index contributed by atoms with van der Waals surface area (Å²) in [4.78, 5) is 33.5. The van der Waals surface area contributed by atoms with Gasteiger partial charge in [0.25, 0.3) is 0 Å². The van der Waals surface area contributed by atoms with Gasteiger partial charge in [0.15, 0.2) is 0 Å². The summed E-state index contributed by atoms with van der Waals surface area (Å²) in [6, 6.07) is 29.3. The number of sulfonamides is 1. The Bertz CT molecular complexity index is 1860. The zero-order valence-electron chi connectivity index (χ0n) is 33.8. The van der Waals surface area contributed by atoms with Gasteiger partial charge in [-0.05, 0) is 38.0 Å². The average molecular weight is 881 g/mol. The van der Waals surface area contributed by atoms with E-state index in [1.807, 2.05) is 97.9 Å². The number of fused-ring (bicyclic) bond motifs is 2. The van der Waals surface area contributed by atoms with Crippen LogP contribution in [0.4, 0.5) is 17.6 Å². The molecule has 0 unspecified atom stereocenters. The van der Waals surface area contributed by atoms with Gasteiger partial charge in [0.1, 0.15) is 0 Å². The molecule has 10 nitrogen and oxygen atoms in total. The van der Waals surface area contributed by atoms with Gasteiger partial charge in [0, 0.05) is 18.9 Å². The summed E-state index contributed by atoms with van der Waals surface area (Å²) in [5, 5.41) is 23.2. The van der Waals surface area contributed by atoms with Crippen LogP contribution in [0.5, 0.6) is 0 Å². The zero-order chi connectivity index (χ0) is 43.8. The van der Waals surface area contributed by atoms with E-state index in [9.17, 15) is 40.4 Å². The fourth-order valence-electron chi connectivity index (χ4n) is 8.09. The van der Waals surface area contributed by atoms with E-state index in [2.05, 4.69) is 10.0 Å². The van der Waals surface area contributed by atoms with Gasteiger partial charge < -0.3 is 15.2 Å². The Kier molecular flexibility index (Phi) is 18.3. The molecule has 2 bridgehead atoms. The summed E-state index contributed by atoms with van der Waals surface area (Å²) < 4.78 is 87.1. The molecule has 4 N–H and O–H groups in total. The van der Waals surface area contributed by atoms with Gasteiger partial charge in [-0.3, -0.25) is 4.79 Å². The summed E-state index contributed by atoms with van der Waals surface area (Å²) in [7, 11) is -6.23. The van der Waals surface area contributed by atoms with Crippen molar-refractivity contribution in [2.75, 3.05) is 25.0 Å². The number of hydrogen-bond acceptors (Lipinski definition) is 6. The molecule has 0 aliphatic carbocycles. The first-order valence-electron chi connectivity index (χ1n) is 20.4. The van der Waals surface area contributed by atoms with E-state index in [0.717, 1.165) is 41.6 Å². The van der Waals surface area contributed by atoms with Crippen LogP contribution in [-0.2, 0) is 29.1 Å². The molecule has 0 spiro atoms. The van der Waals surface area contributed by atoms with Crippen LogP contribution in [0, 0.1) is 11.8 Å². The van der Waals surface area contributed by atoms with Gasteiger partial charge in [-0.2, -0.15) is 8.78 Å². The second kappa shape index (κ2) is 22.6. The summed E-state index contributed by atoms with van der Waals surface area (Å²) >= 11 is 0. The molecule has 330 valence electrons. The first-order valence-corrected chi connectivity index (χ1v) is 24.3. The standard InChI is InChI=1S/C23H23F2O2P.C21H34F2N2O6S/c24-23(25,18-22(26)27)16-17-28(19-10-4-1-5-11-19,20-12-6-2-7-13-20)21-14-8-3-9-15-21;1-2-3-7-12-32(29,30)25-14-19(26)24-13-16-15(17-9-10-18(16)31-17)8-5-4-6-11-21(22,23)20(27)28/h1-15,28H,16-18H2,(H,26,27);4-5,15-18,25H,2-3,6-14H2,1H3,(H,24,26)(H,27,28)/b;5-4-/t;15-,16+,17-,18+/m.1/s1. The topological polar surface area (TPSA) is 159 Å². The van der Waals surface area contributed by atoms with Crippen molar-refractivity contribution in [2.45, 2.75) is 95.2 Å². The van der Waals surface area contributed by atoms with Crippen molar-refractivity contribution < 1.29 is 55.3 Å². The van der Waals surface area contributed by atoms with E-state index in [-0.39, 0.29) is 48.9 Å². The summed E-state index contributed by atoms with van der Waals surface area (Å²) in [6.07, 6.45) is 5.88. The molecule has 2 saturated heterocycles. The third-order valence-corrected chi connectivity index (χ3v) is 17.5. The number of aliphatic carboxylic acids is 2. The molecule has 5 rings (SSSR count). The van der Waals surface area contributed by atoms with Crippen molar-refractivity contribution in [1.82, 2.24) is 10.0 Å². The van der Waals surface area contributed by atoms with E-state index in [4.69, 9.17) is 14.9 Å². The summed E-state index contributed by atoms with van der Waals surface area (Å²) in [5.74, 6) is -10.8. The van der Waals surface area contributed by atoms with Crippen LogP contribution in [-0.4, -0.2) is 85.5 Å². The van der Waals surface area contributed by atoms with Crippen molar-refractivity contribution in [2.24, 2.45) is 11.8 Å². The number of nitrogens with one attached hydrogen (secondary N) is 2. The SMILES string of the molecule is CCCCCS(=O)(=O)NCC(=O)NC[C@H]1[C@@H](C/C=C\CCC(F)(F)C(=O)O)[C@H]2CC[C@@H]1O2.O=C(O)CC(F)(F)CC[PH](c1ccccc1)(c1ccccc1)c1ccccc1. The van der Waals surface area contributed by atoms with Crippen molar-refractivity contribution >= 4 is 51.0 Å². The van der Waals surface area contributed by atoms with Gasteiger partial charge in [-0.1, -0.05) is 31.9 Å². The van der Waals surface area contributed by atoms with E-state index >= 15 is 0 Å². The normalized spacial score (nSPS) is 19.4. The molecule has 0 radical (unpaired) electrons. The Morgan fingerprint density at radius 1 is 0.800 bits per heavy atom. The summed E-state index contributed by atoms with van der Waals surface area (Å²) in [5.41, 5.74) is 0. The molecular weight excluding hydrogens is 824 g/mol. The molecule has 2 aliphatic rings. The molecule has 2 fully saturated rings. The Balaban J connectivity index is 0.000000267. The number of hydrogen-bond donors (Lipinski definition) is 4. The van der Waals surface area contributed by atoms with Gasteiger partial charge in [-0.25, -0.2) is 17.9 Å². The third-order valence-electron chi connectivity index (χ3n) is 11.2. The van der Waals surface area contributed by atoms with Gasteiger partial charge in [0.2, 0.25) is 15.9 Å². The van der Waals surface area contributed by atoms with Crippen molar-refractivity contribution in [3.05, 3.63) is 103 Å². The van der Waals surface area contributed by atoms with E-state index < -0.39 is 66.2 Å². The number of rotatable bonds is 23. The number of alkyl halides is 4. The molecule has 1 amide bonds. The number of unbranched alkanes of at least 4 members (excludes halogenated alkanes) is 2. The van der Waals surface area contributed by atoms with Crippen LogP contribution < -0.4 is 26.0 Å². The Hall–Kier alpha value is -4.17. The minimum absolute atomic E-state index is 0.00114. The van der Waals surface area contributed by atoms with Crippen LogP contribution in [0.3, 0.4) is 0 Å². The van der Waals surface area contributed by atoms with Crippen LogP contribution in [0.2, 0.25) is 0 Å². The van der Waals surface area contributed by atoms with Crippen LogP contribution in [0.15, 0.2) is 103 Å². The number of allylic oxidation sites excluding steroid dienone is 2. The number of amides is 1. The monoisotopic (exact) mass is 880 g/mol. The number of carbonyl (C=O) groups excluding carboxylic acids is 1. The van der Waals surface area contributed by atoms with Crippen LogP contribution >= 0.6 is 7.26 Å². The maximum atomic E-state index is 14.4. The fourth-order valence-corrected chi connectivity index (χ4v) is 14.1. The second-order valence-electron chi connectivity index (χ2n) is 15.5. The van der Waals surface area contributed by atoms with Crippen molar-refractivity contribution in [1.29, 1.82) is 0 Å².